The van der Waals surface area contributed by atoms with Crippen molar-refractivity contribution in [3.63, 3.8) is 0 Å². The fraction of sp³-hybridized carbons (Fsp3) is 0.429. The number of hydrogen-bond donors (Lipinski definition) is 2. The summed E-state index contributed by atoms with van der Waals surface area (Å²) in [5.74, 6) is -0.751. The van der Waals surface area contributed by atoms with Crippen molar-refractivity contribution in [2.45, 2.75) is 44.4 Å². The predicted molar refractivity (Wildman–Crippen MR) is 104 cm³/mol. The lowest BCUT2D eigenvalue weighted by Gasteiger charge is -2.33. The number of nitrogens with two attached hydrogens (primary N) is 1. The molecule has 1 aromatic heterocycles. The molecule has 0 saturated carbocycles. The number of carbonyl (C=O) groups excluding carboxylic acids is 1. The van der Waals surface area contributed by atoms with E-state index in [0.717, 1.165) is 55.3 Å². The third kappa shape index (κ3) is 3.56. The maximum atomic E-state index is 13.3. The quantitative estimate of drug-likeness (QED) is 0.847. The third-order valence-electron chi connectivity index (χ3n) is 5.72. The van der Waals surface area contributed by atoms with Gasteiger partial charge in [-0.15, -0.1) is 0 Å². The van der Waals surface area contributed by atoms with E-state index >= 15 is 0 Å². The van der Waals surface area contributed by atoms with Gasteiger partial charge in [-0.25, -0.2) is 14.8 Å². The van der Waals surface area contributed by atoms with E-state index in [9.17, 15) is 14.7 Å². The Hall–Kier alpha value is -2.96. The lowest BCUT2D eigenvalue weighted by molar-refractivity contribution is 0.0685. The molecule has 2 heterocycles. The summed E-state index contributed by atoms with van der Waals surface area (Å²) < 4.78 is 0. The van der Waals surface area contributed by atoms with Gasteiger partial charge < -0.3 is 15.7 Å². The summed E-state index contributed by atoms with van der Waals surface area (Å²) in [5.41, 5.74) is 9.40. The Kier molecular flexibility index (Phi) is 4.98. The van der Waals surface area contributed by atoms with Crippen LogP contribution in [-0.4, -0.2) is 44.9 Å². The van der Waals surface area contributed by atoms with Crippen LogP contribution >= 0.6 is 0 Å². The molecule has 3 N–H and O–H groups in total. The Balaban J connectivity index is 1.59. The summed E-state index contributed by atoms with van der Waals surface area (Å²) >= 11 is 0. The number of nitrogens with zero attached hydrogens (tertiary/aromatic N) is 3. The maximum absolute atomic E-state index is 13.3. The van der Waals surface area contributed by atoms with Gasteiger partial charge >= 0.3 is 5.97 Å². The highest BCUT2D eigenvalue weighted by Gasteiger charge is 2.30. The summed E-state index contributed by atoms with van der Waals surface area (Å²) in [6.45, 7) is 1.23. The normalized spacial score (nSPS) is 19.1. The molecule has 4 rings (SSSR count). The first-order valence-corrected chi connectivity index (χ1v) is 9.80. The van der Waals surface area contributed by atoms with Crippen LogP contribution in [0.5, 0.6) is 0 Å². The molecule has 2 aromatic rings. The van der Waals surface area contributed by atoms with E-state index in [1.165, 1.54) is 0 Å². The Morgan fingerprint density at radius 1 is 1.14 bits per heavy atom. The standard InChI is InChI=1S/C21H24N4O3/c22-21-23-17-9-2-1-8-16(17)18(24-21)19(26)25-10-4-7-15(12-25)13-5-3-6-14(11-13)20(27)28/h3,5-6,11,15H,1-2,4,7-10,12H2,(H,27,28)(H2,22,23,24)/t15-/m0/s1. The molecule has 0 unspecified atom stereocenters. The second-order valence-electron chi connectivity index (χ2n) is 7.58. The first-order chi connectivity index (χ1) is 13.5. The number of amides is 1. The minimum Gasteiger partial charge on any atom is -0.478 e. The average molecular weight is 380 g/mol. The second-order valence-corrected chi connectivity index (χ2v) is 7.58. The van der Waals surface area contributed by atoms with Gasteiger partial charge in [0.2, 0.25) is 5.95 Å². The van der Waals surface area contributed by atoms with E-state index in [1.807, 2.05) is 11.0 Å². The number of aromatic nitrogens is 2. The van der Waals surface area contributed by atoms with Gasteiger partial charge in [0, 0.05) is 30.3 Å². The molecule has 0 radical (unpaired) electrons. The van der Waals surface area contributed by atoms with Crippen LogP contribution in [-0.2, 0) is 12.8 Å². The number of aryl methyl sites for hydroxylation is 1. The van der Waals surface area contributed by atoms with Gasteiger partial charge in [-0.2, -0.15) is 0 Å². The molecule has 1 aromatic carbocycles. The zero-order chi connectivity index (χ0) is 19.7. The average Bonchev–Trinajstić information content (AvgIpc) is 2.72. The minimum absolute atomic E-state index is 0.0914. The summed E-state index contributed by atoms with van der Waals surface area (Å²) in [4.78, 5) is 35.0. The molecular formula is C21H24N4O3. The Morgan fingerprint density at radius 2 is 1.96 bits per heavy atom. The zero-order valence-electron chi connectivity index (χ0n) is 15.7. The number of likely N-dealkylation sites (tertiary alicyclic amines) is 1. The number of anilines is 1. The van der Waals surface area contributed by atoms with Gasteiger partial charge in [-0.3, -0.25) is 4.79 Å². The number of carbonyl (C=O) groups is 2. The molecule has 146 valence electrons. The zero-order valence-corrected chi connectivity index (χ0v) is 15.7. The van der Waals surface area contributed by atoms with E-state index in [1.54, 1.807) is 18.2 Å². The van der Waals surface area contributed by atoms with Gasteiger partial charge in [0.25, 0.3) is 5.91 Å². The summed E-state index contributed by atoms with van der Waals surface area (Å²) in [5, 5.41) is 9.24. The number of hydrogen-bond acceptors (Lipinski definition) is 5. The number of nitrogen functional groups attached to an aromatic ring is 1. The van der Waals surface area contributed by atoms with Crippen molar-refractivity contribution in [1.29, 1.82) is 0 Å². The largest absolute Gasteiger partial charge is 0.478 e. The highest BCUT2D eigenvalue weighted by molar-refractivity contribution is 5.94. The van der Waals surface area contributed by atoms with Gasteiger partial charge in [0.05, 0.1) is 5.56 Å². The van der Waals surface area contributed by atoms with Crippen LogP contribution in [0.4, 0.5) is 5.95 Å². The number of carboxylic acid groups (broad SMARTS) is 1. The van der Waals surface area contributed by atoms with E-state index in [4.69, 9.17) is 5.73 Å². The van der Waals surface area contributed by atoms with Crippen molar-refractivity contribution in [3.05, 3.63) is 52.3 Å². The summed E-state index contributed by atoms with van der Waals surface area (Å²) in [7, 11) is 0. The van der Waals surface area contributed by atoms with Gasteiger partial charge in [-0.05, 0) is 56.2 Å². The smallest absolute Gasteiger partial charge is 0.335 e. The topological polar surface area (TPSA) is 109 Å². The lowest BCUT2D eigenvalue weighted by Crippen LogP contribution is -2.40. The van der Waals surface area contributed by atoms with Crippen molar-refractivity contribution in [3.8, 4) is 0 Å². The number of piperidine rings is 1. The molecule has 1 atom stereocenters. The number of fused-ring (bicyclic) bond motifs is 1. The second kappa shape index (κ2) is 7.58. The molecule has 7 nitrogen and oxygen atoms in total. The first kappa shape index (κ1) is 18.4. The number of aromatic carboxylic acids is 1. The van der Waals surface area contributed by atoms with E-state index in [2.05, 4.69) is 9.97 Å². The van der Waals surface area contributed by atoms with Crippen LogP contribution in [0.3, 0.4) is 0 Å². The highest BCUT2D eigenvalue weighted by Crippen LogP contribution is 2.30. The fourth-order valence-corrected chi connectivity index (χ4v) is 4.30. The van der Waals surface area contributed by atoms with Crippen LogP contribution in [0.2, 0.25) is 0 Å². The molecule has 1 fully saturated rings. The molecule has 2 aliphatic rings. The van der Waals surface area contributed by atoms with Crippen LogP contribution in [0, 0.1) is 0 Å². The molecule has 0 bridgehead atoms. The fourth-order valence-electron chi connectivity index (χ4n) is 4.30. The van der Waals surface area contributed by atoms with Crippen molar-refractivity contribution in [1.82, 2.24) is 14.9 Å². The Bertz CT molecular complexity index is 928. The molecular weight excluding hydrogens is 356 g/mol. The van der Waals surface area contributed by atoms with Crippen LogP contribution in [0.1, 0.15) is 69.3 Å². The highest BCUT2D eigenvalue weighted by atomic mass is 16.4. The molecule has 1 saturated heterocycles. The molecule has 7 heteroatoms. The molecule has 1 aliphatic heterocycles. The van der Waals surface area contributed by atoms with E-state index in [0.29, 0.717) is 18.8 Å². The monoisotopic (exact) mass is 380 g/mol. The van der Waals surface area contributed by atoms with Crippen LogP contribution in [0.25, 0.3) is 0 Å². The van der Waals surface area contributed by atoms with Crippen molar-refractivity contribution in [2.24, 2.45) is 0 Å². The van der Waals surface area contributed by atoms with Crippen molar-refractivity contribution < 1.29 is 14.7 Å². The maximum Gasteiger partial charge on any atom is 0.335 e. The van der Waals surface area contributed by atoms with Crippen LogP contribution in [0.15, 0.2) is 24.3 Å². The Morgan fingerprint density at radius 3 is 2.79 bits per heavy atom. The van der Waals surface area contributed by atoms with Gasteiger partial charge in [0.1, 0.15) is 5.69 Å². The Labute approximate surface area is 163 Å². The predicted octanol–water partition coefficient (Wildman–Crippen LogP) is 2.66. The molecule has 1 amide bonds. The first-order valence-electron chi connectivity index (χ1n) is 9.80. The SMILES string of the molecule is Nc1nc2c(c(C(=O)N3CCC[C@H](c4cccc(C(=O)O)c4)C3)n1)CCCC2. The minimum atomic E-state index is -0.936. The molecule has 0 spiro atoms. The third-order valence-corrected chi connectivity index (χ3v) is 5.72. The van der Waals surface area contributed by atoms with E-state index < -0.39 is 5.97 Å². The molecule has 28 heavy (non-hydrogen) atoms. The van der Waals surface area contributed by atoms with Gasteiger partial charge in [0.15, 0.2) is 0 Å². The van der Waals surface area contributed by atoms with E-state index in [-0.39, 0.29) is 23.3 Å². The lowest BCUT2D eigenvalue weighted by atomic mass is 9.89. The molecule has 1 aliphatic carbocycles. The number of benzene rings is 1. The number of rotatable bonds is 3. The van der Waals surface area contributed by atoms with Gasteiger partial charge in [-0.1, -0.05) is 12.1 Å². The van der Waals surface area contributed by atoms with Crippen molar-refractivity contribution >= 4 is 17.8 Å². The summed E-state index contributed by atoms with van der Waals surface area (Å²) in [6, 6.07) is 7.01. The van der Waals surface area contributed by atoms with Crippen LogP contribution < -0.4 is 5.73 Å². The van der Waals surface area contributed by atoms with Crippen molar-refractivity contribution in [2.75, 3.05) is 18.8 Å². The number of carboxylic acids is 1. The summed E-state index contributed by atoms with van der Waals surface area (Å²) in [6.07, 6.45) is 5.54.